The number of hydrogen-bond donors (Lipinski definition) is 1. The molecule has 1 aliphatic heterocycles. The van der Waals surface area contributed by atoms with Crippen molar-refractivity contribution in [3.63, 3.8) is 0 Å². The van der Waals surface area contributed by atoms with Crippen molar-refractivity contribution in [2.45, 2.75) is 6.92 Å². The van der Waals surface area contributed by atoms with Crippen molar-refractivity contribution in [2.75, 3.05) is 0 Å². The minimum absolute atomic E-state index is 0.342. The molecule has 118 valence electrons. The molecule has 4 rings (SSSR count). The molecule has 1 aromatic carbocycles. The van der Waals surface area contributed by atoms with Crippen LogP contribution in [0.5, 0.6) is 0 Å². The van der Waals surface area contributed by atoms with E-state index >= 15 is 0 Å². The highest BCUT2D eigenvalue weighted by molar-refractivity contribution is 8.18. The summed E-state index contributed by atoms with van der Waals surface area (Å²) in [5.41, 5.74) is 3.72. The Labute approximate surface area is 145 Å². The molecule has 7 heteroatoms. The third kappa shape index (κ3) is 2.61. The second kappa shape index (κ2) is 5.85. The summed E-state index contributed by atoms with van der Waals surface area (Å²) in [5.74, 6) is -0.358. The number of thioether (sulfide) groups is 1. The molecular weight excluding hydrogens is 342 g/mol. The molecule has 0 bridgehead atoms. The van der Waals surface area contributed by atoms with E-state index in [1.807, 2.05) is 23.6 Å². The van der Waals surface area contributed by atoms with Crippen LogP contribution in [0.3, 0.4) is 0 Å². The van der Waals surface area contributed by atoms with Gasteiger partial charge in [-0.1, -0.05) is 6.07 Å². The number of thiophene rings is 1. The molecule has 0 radical (unpaired) electrons. The maximum absolute atomic E-state index is 11.7. The third-order valence-electron chi connectivity index (χ3n) is 3.68. The predicted octanol–water partition coefficient (Wildman–Crippen LogP) is 3.99. The van der Waals surface area contributed by atoms with Gasteiger partial charge < -0.3 is 0 Å². The van der Waals surface area contributed by atoms with Crippen molar-refractivity contribution in [1.29, 1.82) is 0 Å². The van der Waals surface area contributed by atoms with E-state index in [1.54, 1.807) is 23.7 Å². The molecular formula is C17H11N3O2S2. The lowest BCUT2D eigenvalue weighted by Gasteiger charge is -2.05. The Hall–Kier alpha value is -2.51. The number of carbonyl (C=O) groups excluding carboxylic acids is 2. The zero-order valence-corrected chi connectivity index (χ0v) is 14.2. The van der Waals surface area contributed by atoms with Crippen LogP contribution in [0.15, 0.2) is 40.9 Å². The lowest BCUT2D eigenvalue weighted by Crippen LogP contribution is -2.17. The fourth-order valence-corrected chi connectivity index (χ4v) is 4.15. The van der Waals surface area contributed by atoms with Gasteiger partial charge >= 0.3 is 0 Å². The lowest BCUT2D eigenvalue weighted by molar-refractivity contribution is -0.115. The number of imide groups is 1. The molecule has 5 nitrogen and oxygen atoms in total. The SMILES string of the molecule is Cc1ccsc1-c1ncnc2ccc(/C=C3/SC(=O)NC3=O)cc12. The fourth-order valence-electron chi connectivity index (χ4n) is 2.53. The Morgan fingerprint density at radius 3 is 2.75 bits per heavy atom. The maximum Gasteiger partial charge on any atom is 0.290 e. The number of carbonyl (C=O) groups is 2. The Morgan fingerprint density at radius 2 is 2.04 bits per heavy atom. The summed E-state index contributed by atoms with van der Waals surface area (Å²) >= 11 is 2.55. The van der Waals surface area contributed by atoms with Gasteiger partial charge in [0.15, 0.2) is 0 Å². The monoisotopic (exact) mass is 353 g/mol. The minimum Gasteiger partial charge on any atom is -0.282 e. The Morgan fingerprint density at radius 1 is 1.17 bits per heavy atom. The van der Waals surface area contributed by atoms with Crippen molar-refractivity contribution in [3.8, 4) is 10.6 Å². The van der Waals surface area contributed by atoms with Gasteiger partial charge in [0.05, 0.1) is 21.0 Å². The van der Waals surface area contributed by atoms with Crippen LogP contribution >= 0.6 is 23.1 Å². The highest BCUT2D eigenvalue weighted by atomic mass is 32.2. The topological polar surface area (TPSA) is 72.0 Å². The highest BCUT2D eigenvalue weighted by Crippen LogP contribution is 2.33. The van der Waals surface area contributed by atoms with Gasteiger partial charge in [-0.05, 0) is 59.5 Å². The Balaban J connectivity index is 1.86. The molecule has 0 aliphatic carbocycles. The van der Waals surface area contributed by atoms with E-state index in [0.29, 0.717) is 4.91 Å². The first-order valence-corrected chi connectivity index (χ1v) is 8.85. The average molecular weight is 353 g/mol. The number of nitrogens with zero attached hydrogens (tertiary/aromatic N) is 2. The van der Waals surface area contributed by atoms with E-state index < -0.39 is 0 Å². The Kier molecular flexibility index (Phi) is 3.66. The van der Waals surface area contributed by atoms with Gasteiger partial charge in [-0.2, -0.15) is 0 Å². The predicted molar refractivity (Wildman–Crippen MR) is 96.7 cm³/mol. The first kappa shape index (κ1) is 15.0. The normalized spacial score (nSPS) is 16.1. The van der Waals surface area contributed by atoms with E-state index in [-0.39, 0.29) is 11.1 Å². The summed E-state index contributed by atoms with van der Waals surface area (Å²) in [6.45, 7) is 2.05. The molecule has 1 saturated heterocycles. The second-order valence-corrected chi connectivity index (χ2v) is 7.21. The molecule has 0 unspecified atom stereocenters. The zero-order chi connectivity index (χ0) is 16.7. The van der Waals surface area contributed by atoms with Crippen molar-refractivity contribution in [1.82, 2.24) is 15.3 Å². The van der Waals surface area contributed by atoms with E-state index in [0.717, 1.165) is 38.8 Å². The minimum atomic E-state index is -0.358. The largest absolute Gasteiger partial charge is 0.290 e. The summed E-state index contributed by atoms with van der Waals surface area (Å²) in [6, 6.07) is 7.79. The molecule has 1 aliphatic rings. The number of rotatable bonds is 2. The van der Waals surface area contributed by atoms with Crippen LogP contribution in [-0.2, 0) is 4.79 Å². The number of aromatic nitrogens is 2. The molecule has 24 heavy (non-hydrogen) atoms. The fraction of sp³-hybridized carbons (Fsp3) is 0.0588. The summed E-state index contributed by atoms with van der Waals surface area (Å²) in [7, 11) is 0. The van der Waals surface area contributed by atoms with Crippen LogP contribution in [-0.4, -0.2) is 21.1 Å². The third-order valence-corrected chi connectivity index (χ3v) is 5.51. The first-order chi connectivity index (χ1) is 11.6. The van der Waals surface area contributed by atoms with E-state index in [2.05, 4.69) is 28.3 Å². The number of nitrogens with one attached hydrogen (secondary N) is 1. The smallest absolute Gasteiger partial charge is 0.282 e. The molecule has 0 atom stereocenters. The molecule has 1 N–H and O–H groups in total. The van der Waals surface area contributed by atoms with Gasteiger partial charge in [0.1, 0.15) is 6.33 Å². The zero-order valence-electron chi connectivity index (χ0n) is 12.6. The van der Waals surface area contributed by atoms with Crippen molar-refractivity contribution >= 4 is 51.2 Å². The summed E-state index contributed by atoms with van der Waals surface area (Å²) < 4.78 is 0. The number of fused-ring (bicyclic) bond motifs is 1. The lowest BCUT2D eigenvalue weighted by atomic mass is 10.1. The van der Waals surface area contributed by atoms with Crippen LogP contribution in [0.1, 0.15) is 11.1 Å². The van der Waals surface area contributed by atoms with Crippen molar-refractivity contribution in [3.05, 3.63) is 52.0 Å². The standard InChI is InChI=1S/C17H11N3O2S2/c1-9-4-5-23-15(9)14-11-6-10(2-3-12(11)18-8-19-14)7-13-16(21)20-17(22)24-13/h2-8H,1H3,(H,20,21,22)/b13-7+. The highest BCUT2D eigenvalue weighted by Gasteiger charge is 2.25. The van der Waals surface area contributed by atoms with Crippen molar-refractivity contribution < 1.29 is 9.59 Å². The molecule has 1 fully saturated rings. The van der Waals surface area contributed by atoms with Crippen molar-refractivity contribution in [2.24, 2.45) is 0 Å². The number of benzene rings is 1. The molecule has 0 spiro atoms. The molecule has 2 amide bonds. The molecule has 0 saturated carbocycles. The van der Waals surface area contributed by atoms with Gasteiger partial charge in [-0.25, -0.2) is 9.97 Å². The van der Waals surface area contributed by atoms with E-state index in [4.69, 9.17) is 0 Å². The van der Waals surface area contributed by atoms with Gasteiger partial charge in [0.25, 0.3) is 11.1 Å². The molecule has 3 heterocycles. The number of amides is 2. The van der Waals surface area contributed by atoms with E-state index in [1.165, 1.54) is 5.56 Å². The molecule has 2 aromatic heterocycles. The average Bonchev–Trinajstić information content (AvgIpc) is 3.12. The van der Waals surface area contributed by atoms with Crippen LogP contribution < -0.4 is 5.32 Å². The van der Waals surface area contributed by atoms with E-state index in [9.17, 15) is 9.59 Å². The maximum atomic E-state index is 11.7. The van der Waals surface area contributed by atoms with Gasteiger partial charge in [-0.15, -0.1) is 11.3 Å². The number of hydrogen-bond acceptors (Lipinski definition) is 6. The van der Waals surface area contributed by atoms with Gasteiger partial charge in [0.2, 0.25) is 0 Å². The second-order valence-electron chi connectivity index (χ2n) is 5.28. The number of aryl methyl sites for hydroxylation is 1. The summed E-state index contributed by atoms with van der Waals surface area (Å²) in [5, 5.41) is 4.88. The summed E-state index contributed by atoms with van der Waals surface area (Å²) in [4.78, 5) is 33.3. The quantitative estimate of drug-likeness (QED) is 0.705. The van der Waals surface area contributed by atoms with Gasteiger partial charge in [0, 0.05) is 5.39 Å². The van der Waals surface area contributed by atoms with Crippen LogP contribution in [0.25, 0.3) is 27.6 Å². The van der Waals surface area contributed by atoms with Crippen LogP contribution in [0, 0.1) is 6.92 Å². The van der Waals surface area contributed by atoms with Crippen LogP contribution in [0.2, 0.25) is 0 Å². The van der Waals surface area contributed by atoms with Crippen LogP contribution in [0.4, 0.5) is 4.79 Å². The van der Waals surface area contributed by atoms with Gasteiger partial charge in [-0.3, -0.25) is 14.9 Å². The first-order valence-electron chi connectivity index (χ1n) is 7.16. The molecule has 3 aromatic rings. The Bertz CT molecular complexity index is 1020. The summed E-state index contributed by atoms with van der Waals surface area (Å²) in [6.07, 6.45) is 3.27.